The third kappa shape index (κ3) is 2.61. The lowest BCUT2D eigenvalue weighted by Crippen LogP contribution is -2.57. The van der Waals surface area contributed by atoms with Crippen molar-refractivity contribution < 1.29 is 24.2 Å². The third-order valence-electron chi connectivity index (χ3n) is 5.56. The number of nitrogens with zero attached hydrogens (tertiary/aromatic N) is 2. The number of nitrogens with one attached hydrogen (secondary N) is 1. The number of phenols is 1. The molecule has 4 atom stereocenters. The van der Waals surface area contributed by atoms with E-state index < -0.39 is 35.3 Å². The Morgan fingerprint density at radius 3 is 2.64 bits per heavy atom. The highest BCUT2D eigenvalue weighted by Gasteiger charge is 2.68. The van der Waals surface area contributed by atoms with Crippen LogP contribution in [0.1, 0.15) is 16.6 Å². The van der Waals surface area contributed by atoms with Crippen LogP contribution in [-0.4, -0.2) is 52.5 Å². The van der Waals surface area contributed by atoms with Gasteiger partial charge < -0.3 is 9.84 Å². The van der Waals surface area contributed by atoms with Crippen LogP contribution in [0, 0.1) is 11.8 Å². The highest BCUT2D eigenvalue weighted by Crippen LogP contribution is 2.50. The summed E-state index contributed by atoms with van der Waals surface area (Å²) in [6, 6.07) is 5.82. The van der Waals surface area contributed by atoms with Gasteiger partial charge in [-0.1, -0.05) is 12.1 Å². The number of benzene rings is 1. The summed E-state index contributed by atoms with van der Waals surface area (Å²) in [6.07, 6.45) is 1.76. The van der Waals surface area contributed by atoms with Crippen molar-refractivity contribution in [2.45, 2.75) is 18.0 Å². The standard InChI is InChI=1S/C19H19N3O5S/c1-22-16(24)12-13(17(22)25)19(18(26)27-2,9-10-3-5-11(23)6-4-10)21-14(12)15-20-7-8-28-15/h3-8,12-14,21,23H,9H2,1-2H3/t12-,13-,14+,19-/m0/s1. The molecule has 2 N–H and O–H groups in total. The van der Waals surface area contributed by atoms with Gasteiger partial charge in [0.15, 0.2) is 0 Å². The van der Waals surface area contributed by atoms with E-state index in [-0.39, 0.29) is 18.1 Å². The Labute approximate surface area is 165 Å². The molecule has 3 heterocycles. The summed E-state index contributed by atoms with van der Waals surface area (Å²) in [5.74, 6) is -2.89. The summed E-state index contributed by atoms with van der Waals surface area (Å²) >= 11 is 1.36. The van der Waals surface area contributed by atoms with E-state index in [4.69, 9.17) is 4.74 Å². The van der Waals surface area contributed by atoms with Crippen LogP contribution < -0.4 is 5.32 Å². The largest absolute Gasteiger partial charge is 0.508 e. The molecule has 4 rings (SSSR count). The second-order valence-corrected chi connectivity index (χ2v) is 7.96. The summed E-state index contributed by atoms with van der Waals surface area (Å²) in [4.78, 5) is 44.2. The van der Waals surface area contributed by atoms with Gasteiger partial charge in [0.25, 0.3) is 0 Å². The number of esters is 1. The zero-order valence-corrected chi connectivity index (χ0v) is 16.1. The van der Waals surface area contributed by atoms with Gasteiger partial charge in [-0.25, -0.2) is 4.98 Å². The molecule has 0 spiro atoms. The van der Waals surface area contributed by atoms with Crippen LogP contribution >= 0.6 is 11.3 Å². The lowest BCUT2D eigenvalue weighted by atomic mass is 9.76. The van der Waals surface area contributed by atoms with E-state index in [0.29, 0.717) is 5.01 Å². The van der Waals surface area contributed by atoms with Gasteiger partial charge in [0.1, 0.15) is 16.3 Å². The number of imide groups is 1. The van der Waals surface area contributed by atoms with Crippen LogP contribution in [0.3, 0.4) is 0 Å². The lowest BCUT2D eigenvalue weighted by molar-refractivity contribution is -0.153. The molecule has 146 valence electrons. The number of carbonyl (C=O) groups is 3. The fraction of sp³-hybridized carbons (Fsp3) is 0.368. The fourth-order valence-electron chi connectivity index (χ4n) is 4.29. The predicted octanol–water partition coefficient (Wildman–Crippen LogP) is 0.878. The molecule has 0 radical (unpaired) electrons. The van der Waals surface area contributed by atoms with E-state index in [9.17, 15) is 19.5 Å². The quantitative estimate of drug-likeness (QED) is 0.578. The molecule has 0 unspecified atom stereocenters. The monoisotopic (exact) mass is 401 g/mol. The topological polar surface area (TPSA) is 109 Å². The minimum absolute atomic E-state index is 0.0978. The number of hydrogen-bond acceptors (Lipinski definition) is 8. The Morgan fingerprint density at radius 2 is 2.04 bits per heavy atom. The molecule has 1 aromatic heterocycles. The smallest absolute Gasteiger partial charge is 0.327 e. The summed E-state index contributed by atoms with van der Waals surface area (Å²) < 4.78 is 5.08. The SMILES string of the molecule is COC(=O)[C@@]1(Cc2ccc(O)cc2)N[C@@H](c2nccs2)[C@H]2C(=O)N(C)C(=O)[C@H]21. The van der Waals surface area contributed by atoms with Crippen LogP contribution in [0.5, 0.6) is 5.75 Å². The van der Waals surface area contributed by atoms with Gasteiger partial charge in [-0.2, -0.15) is 0 Å². The van der Waals surface area contributed by atoms with E-state index in [1.807, 2.05) is 0 Å². The number of ether oxygens (including phenoxy) is 1. The number of thiazole rings is 1. The number of methoxy groups -OCH3 is 1. The number of carbonyl (C=O) groups excluding carboxylic acids is 3. The Balaban J connectivity index is 1.84. The molecule has 2 aliphatic heterocycles. The molecule has 2 saturated heterocycles. The maximum Gasteiger partial charge on any atom is 0.327 e. The second-order valence-electron chi connectivity index (χ2n) is 7.04. The van der Waals surface area contributed by atoms with Gasteiger partial charge in [-0.05, 0) is 17.7 Å². The summed E-state index contributed by atoms with van der Waals surface area (Å²) in [5, 5.41) is 15.2. The van der Waals surface area contributed by atoms with Gasteiger partial charge >= 0.3 is 5.97 Å². The minimum atomic E-state index is -1.41. The number of aromatic hydroxyl groups is 1. The van der Waals surface area contributed by atoms with Gasteiger partial charge in [-0.15, -0.1) is 11.3 Å². The zero-order chi connectivity index (χ0) is 20.1. The number of likely N-dealkylation sites (tertiary alicyclic amines) is 1. The zero-order valence-electron chi connectivity index (χ0n) is 15.3. The van der Waals surface area contributed by atoms with Gasteiger partial charge in [0.05, 0.1) is 25.0 Å². The average molecular weight is 401 g/mol. The minimum Gasteiger partial charge on any atom is -0.508 e. The first-order chi connectivity index (χ1) is 13.4. The maximum atomic E-state index is 13.0. The molecule has 0 saturated carbocycles. The molecule has 0 bridgehead atoms. The highest BCUT2D eigenvalue weighted by atomic mass is 32.1. The number of hydrogen-bond donors (Lipinski definition) is 2. The molecular weight excluding hydrogens is 382 g/mol. The van der Waals surface area contributed by atoms with Crippen LogP contribution in [0.15, 0.2) is 35.8 Å². The Morgan fingerprint density at radius 1 is 1.32 bits per heavy atom. The number of phenolic OH excluding ortho intramolecular Hbond substituents is 1. The summed E-state index contributed by atoms with van der Waals surface area (Å²) in [7, 11) is 2.70. The summed E-state index contributed by atoms with van der Waals surface area (Å²) in [6.45, 7) is 0. The van der Waals surface area contributed by atoms with Crippen molar-refractivity contribution in [2.75, 3.05) is 14.2 Å². The predicted molar refractivity (Wildman–Crippen MR) is 99.3 cm³/mol. The first-order valence-corrected chi connectivity index (χ1v) is 9.62. The van der Waals surface area contributed by atoms with Gasteiger partial charge in [0.2, 0.25) is 11.8 Å². The summed E-state index contributed by atoms with van der Waals surface area (Å²) in [5.41, 5.74) is -0.687. The molecule has 1 aromatic carbocycles. The Hall–Kier alpha value is -2.78. The molecule has 2 aliphatic rings. The first kappa shape index (κ1) is 18.6. The number of amides is 2. The van der Waals surface area contributed by atoms with Crippen molar-refractivity contribution in [1.29, 1.82) is 0 Å². The molecule has 2 fully saturated rings. The van der Waals surface area contributed by atoms with Crippen molar-refractivity contribution in [3.8, 4) is 5.75 Å². The normalized spacial score (nSPS) is 29.2. The third-order valence-corrected chi connectivity index (χ3v) is 6.42. The number of rotatable bonds is 4. The highest BCUT2D eigenvalue weighted by molar-refractivity contribution is 7.09. The van der Waals surface area contributed by atoms with Crippen molar-refractivity contribution in [3.63, 3.8) is 0 Å². The van der Waals surface area contributed by atoms with Crippen LogP contribution in [-0.2, 0) is 25.5 Å². The van der Waals surface area contributed by atoms with E-state index >= 15 is 0 Å². The van der Waals surface area contributed by atoms with E-state index in [1.165, 1.54) is 37.6 Å². The van der Waals surface area contributed by atoms with Crippen LogP contribution in [0.25, 0.3) is 0 Å². The van der Waals surface area contributed by atoms with E-state index in [1.54, 1.807) is 23.7 Å². The molecule has 2 aromatic rings. The molecule has 28 heavy (non-hydrogen) atoms. The lowest BCUT2D eigenvalue weighted by Gasteiger charge is -2.32. The molecular formula is C19H19N3O5S. The molecule has 8 nitrogen and oxygen atoms in total. The first-order valence-electron chi connectivity index (χ1n) is 8.74. The van der Waals surface area contributed by atoms with Crippen LogP contribution in [0.2, 0.25) is 0 Å². The Kier molecular flexibility index (Phi) is 4.43. The van der Waals surface area contributed by atoms with Crippen molar-refractivity contribution >= 4 is 29.1 Å². The van der Waals surface area contributed by atoms with Gasteiger partial charge in [0, 0.05) is 25.0 Å². The van der Waals surface area contributed by atoms with Gasteiger partial charge in [-0.3, -0.25) is 24.6 Å². The van der Waals surface area contributed by atoms with Crippen LogP contribution in [0.4, 0.5) is 0 Å². The average Bonchev–Trinajstić information content (AvgIpc) is 3.38. The van der Waals surface area contributed by atoms with E-state index in [0.717, 1.165) is 10.5 Å². The second kappa shape index (κ2) is 6.68. The van der Waals surface area contributed by atoms with Crippen molar-refractivity contribution in [1.82, 2.24) is 15.2 Å². The number of fused-ring (bicyclic) bond motifs is 1. The molecule has 2 amide bonds. The molecule has 0 aliphatic carbocycles. The van der Waals surface area contributed by atoms with Crippen molar-refractivity contribution in [2.24, 2.45) is 11.8 Å². The van der Waals surface area contributed by atoms with E-state index in [2.05, 4.69) is 10.3 Å². The Bertz CT molecular complexity index is 930. The fourth-order valence-corrected chi connectivity index (χ4v) is 5.02. The number of aromatic nitrogens is 1. The molecule has 9 heteroatoms. The van der Waals surface area contributed by atoms with Crippen molar-refractivity contribution in [3.05, 3.63) is 46.4 Å². The maximum absolute atomic E-state index is 13.0.